The van der Waals surface area contributed by atoms with Gasteiger partial charge in [-0.05, 0) is 55.0 Å². The Bertz CT molecular complexity index is 1300. The number of nitro benzene ring substituents is 2. The number of nitrogens with zero attached hydrogens (tertiary/aromatic N) is 3. The average Bonchev–Trinajstić information content (AvgIpc) is 2.80. The average molecular weight is 479 g/mol. The molecule has 0 N–H and O–H groups in total. The van der Waals surface area contributed by atoms with Crippen molar-refractivity contribution in [1.82, 2.24) is 0 Å². The maximum absolute atomic E-state index is 13.2. The fourth-order valence-corrected chi connectivity index (χ4v) is 3.75. The molecule has 3 aromatic carbocycles. The molecule has 0 saturated carbocycles. The maximum Gasteiger partial charge on any atom is 0.332 e. The van der Waals surface area contributed by atoms with E-state index in [9.17, 15) is 29.8 Å². The van der Waals surface area contributed by atoms with Crippen molar-refractivity contribution in [3.63, 3.8) is 0 Å². The standard InChI is InChI=1S/C23H17N3O7S/c1-14-13-18(26(31)32)7-12-21(14)22(24-33-15(2)27)23(28)16-3-8-19(9-4-16)34-20-10-5-17(6-11-20)25(29)30/h3-13H,1-2H3/b24-22-. The van der Waals surface area contributed by atoms with Crippen LogP contribution in [0.1, 0.15) is 28.4 Å². The zero-order chi connectivity index (χ0) is 24.8. The Morgan fingerprint density at radius 3 is 1.88 bits per heavy atom. The zero-order valence-electron chi connectivity index (χ0n) is 18.0. The largest absolute Gasteiger partial charge is 0.332 e. The van der Waals surface area contributed by atoms with Gasteiger partial charge in [0.05, 0.1) is 9.85 Å². The number of hydrogen-bond acceptors (Lipinski definition) is 9. The molecule has 0 unspecified atom stereocenters. The van der Waals surface area contributed by atoms with Gasteiger partial charge in [0.1, 0.15) is 0 Å². The monoisotopic (exact) mass is 479 g/mol. The van der Waals surface area contributed by atoms with Gasteiger partial charge in [0.2, 0.25) is 5.78 Å². The van der Waals surface area contributed by atoms with Crippen LogP contribution in [0.25, 0.3) is 0 Å². The van der Waals surface area contributed by atoms with Crippen LogP contribution in [-0.2, 0) is 9.63 Å². The highest BCUT2D eigenvalue weighted by atomic mass is 32.2. The number of benzene rings is 3. The molecule has 172 valence electrons. The van der Waals surface area contributed by atoms with Gasteiger partial charge >= 0.3 is 5.97 Å². The number of Topliss-reactive ketones (excluding diaryl/α,β-unsaturated/α-hetero) is 1. The minimum absolute atomic E-state index is 0.00794. The third kappa shape index (κ3) is 5.90. The highest BCUT2D eigenvalue weighted by molar-refractivity contribution is 7.99. The Morgan fingerprint density at radius 1 is 0.853 bits per heavy atom. The molecule has 0 aromatic heterocycles. The number of rotatable bonds is 8. The third-order valence-electron chi connectivity index (χ3n) is 4.56. The number of hydrogen-bond donors (Lipinski definition) is 0. The molecule has 34 heavy (non-hydrogen) atoms. The van der Waals surface area contributed by atoms with Gasteiger partial charge in [-0.3, -0.25) is 25.0 Å². The molecule has 0 spiro atoms. The molecule has 0 amide bonds. The summed E-state index contributed by atoms with van der Waals surface area (Å²) in [6, 6.07) is 16.5. The summed E-state index contributed by atoms with van der Waals surface area (Å²) >= 11 is 1.36. The van der Waals surface area contributed by atoms with Crippen LogP contribution in [0.4, 0.5) is 11.4 Å². The predicted molar refractivity (Wildman–Crippen MR) is 124 cm³/mol. The van der Waals surface area contributed by atoms with Gasteiger partial charge in [-0.1, -0.05) is 16.9 Å². The summed E-state index contributed by atoms with van der Waals surface area (Å²) in [6.45, 7) is 2.72. The van der Waals surface area contributed by atoms with Gasteiger partial charge in [-0.25, -0.2) is 4.79 Å². The number of ketones is 1. The van der Waals surface area contributed by atoms with E-state index in [1.807, 2.05) is 0 Å². The van der Waals surface area contributed by atoms with Crippen molar-refractivity contribution >= 4 is 40.6 Å². The number of aryl methyl sites for hydroxylation is 1. The quantitative estimate of drug-likeness (QED) is 0.143. The molecule has 0 heterocycles. The van der Waals surface area contributed by atoms with Crippen molar-refractivity contribution < 1.29 is 24.3 Å². The molecule has 0 fully saturated rings. The second kappa shape index (κ2) is 10.5. The van der Waals surface area contributed by atoms with Crippen LogP contribution in [0.3, 0.4) is 0 Å². The number of non-ortho nitro benzene ring substituents is 2. The molecule has 0 aliphatic carbocycles. The normalized spacial score (nSPS) is 11.1. The topological polar surface area (TPSA) is 142 Å². The second-order valence-electron chi connectivity index (χ2n) is 6.99. The van der Waals surface area contributed by atoms with Gasteiger partial charge in [0.15, 0.2) is 5.71 Å². The fourth-order valence-electron chi connectivity index (χ4n) is 2.93. The Morgan fingerprint density at radius 2 is 1.38 bits per heavy atom. The summed E-state index contributed by atoms with van der Waals surface area (Å²) in [4.78, 5) is 51.5. The molecule has 3 aromatic rings. The SMILES string of the molecule is CC(=O)O/N=C(\C(=O)c1ccc(Sc2ccc([N+](=O)[O-])cc2)cc1)c1ccc([N+](=O)[O-])cc1C. The van der Waals surface area contributed by atoms with E-state index in [-0.39, 0.29) is 22.6 Å². The first-order chi connectivity index (χ1) is 16.2. The lowest BCUT2D eigenvalue weighted by atomic mass is 9.97. The lowest BCUT2D eigenvalue weighted by Crippen LogP contribution is -2.18. The van der Waals surface area contributed by atoms with E-state index in [2.05, 4.69) is 5.16 Å². The van der Waals surface area contributed by atoms with Crippen molar-refractivity contribution in [2.45, 2.75) is 23.6 Å². The van der Waals surface area contributed by atoms with E-state index in [0.29, 0.717) is 11.1 Å². The molecular weight excluding hydrogens is 462 g/mol. The molecule has 0 atom stereocenters. The predicted octanol–water partition coefficient (Wildman–Crippen LogP) is 5.11. The smallest absolute Gasteiger partial charge is 0.318 e. The summed E-state index contributed by atoms with van der Waals surface area (Å²) in [6.07, 6.45) is 0. The summed E-state index contributed by atoms with van der Waals surface area (Å²) in [5.41, 5.74) is 0.648. The lowest BCUT2D eigenvalue weighted by Gasteiger charge is -2.09. The van der Waals surface area contributed by atoms with Crippen LogP contribution >= 0.6 is 11.8 Å². The lowest BCUT2D eigenvalue weighted by molar-refractivity contribution is -0.385. The molecule has 0 radical (unpaired) electrons. The first-order valence-corrected chi connectivity index (χ1v) is 10.6. The number of oxime groups is 1. The summed E-state index contributed by atoms with van der Waals surface area (Å²) in [7, 11) is 0. The Kier molecular flexibility index (Phi) is 7.49. The highest BCUT2D eigenvalue weighted by Gasteiger charge is 2.21. The summed E-state index contributed by atoms with van der Waals surface area (Å²) < 4.78 is 0. The minimum Gasteiger partial charge on any atom is -0.318 e. The molecule has 0 saturated heterocycles. The van der Waals surface area contributed by atoms with Crippen molar-refractivity contribution in [3.8, 4) is 0 Å². The Labute approximate surface area is 197 Å². The van der Waals surface area contributed by atoms with Crippen LogP contribution in [0.15, 0.2) is 81.7 Å². The molecule has 10 nitrogen and oxygen atoms in total. The van der Waals surface area contributed by atoms with Crippen LogP contribution in [-0.4, -0.2) is 27.3 Å². The molecular formula is C23H17N3O7S. The van der Waals surface area contributed by atoms with E-state index < -0.39 is 21.6 Å². The molecule has 11 heteroatoms. The van der Waals surface area contributed by atoms with Crippen molar-refractivity contribution in [2.75, 3.05) is 0 Å². The van der Waals surface area contributed by atoms with Crippen LogP contribution in [0.2, 0.25) is 0 Å². The molecule has 3 rings (SSSR count). The van der Waals surface area contributed by atoms with Gasteiger partial charge in [0, 0.05) is 52.1 Å². The minimum atomic E-state index is -0.722. The van der Waals surface area contributed by atoms with Crippen molar-refractivity contribution in [1.29, 1.82) is 0 Å². The van der Waals surface area contributed by atoms with Gasteiger partial charge in [-0.2, -0.15) is 0 Å². The molecule has 0 aliphatic heterocycles. The maximum atomic E-state index is 13.2. The van der Waals surface area contributed by atoms with E-state index in [0.717, 1.165) is 16.7 Å². The van der Waals surface area contributed by atoms with Crippen LogP contribution in [0, 0.1) is 27.2 Å². The molecule has 0 aliphatic rings. The van der Waals surface area contributed by atoms with Crippen molar-refractivity contribution in [2.24, 2.45) is 5.16 Å². The molecule has 0 bridgehead atoms. The Balaban J connectivity index is 1.86. The third-order valence-corrected chi connectivity index (χ3v) is 5.57. The summed E-state index contributed by atoms with van der Waals surface area (Å²) in [5.74, 6) is -1.26. The number of carbonyl (C=O) groups is 2. The first-order valence-electron chi connectivity index (χ1n) is 9.74. The number of carbonyl (C=O) groups excluding carboxylic acids is 2. The van der Waals surface area contributed by atoms with E-state index in [1.54, 1.807) is 43.3 Å². The van der Waals surface area contributed by atoms with Gasteiger partial charge in [-0.15, -0.1) is 0 Å². The van der Waals surface area contributed by atoms with E-state index in [4.69, 9.17) is 4.84 Å². The first kappa shape index (κ1) is 24.3. The zero-order valence-corrected chi connectivity index (χ0v) is 18.8. The Hall–Kier alpha value is -4.38. The summed E-state index contributed by atoms with van der Waals surface area (Å²) in [5, 5.41) is 25.5. The van der Waals surface area contributed by atoms with E-state index in [1.165, 1.54) is 42.1 Å². The van der Waals surface area contributed by atoms with Crippen LogP contribution in [0.5, 0.6) is 0 Å². The van der Waals surface area contributed by atoms with Gasteiger partial charge < -0.3 is 4.84 Å². The van der Waals surface area contributed by atoms with Gasteiger partial charge in [0.25, 0.3) is 11.4 Å². The number of nitro groups is 2. The second-order valence-corrected chi connectivity index (χ2v) is 8.13. The highest BCUT2D eigenvalue weighted by Crippen LogP contribution is 2.29. The van der Waals surface area contributed by atoms with Crippen molar-refractivity contribution in [3.05, 3.63) is 104 Å². The fraction of sp³-hybridized carbons (Fsp3) is 0.0870. The van der Waals surface area contributed by atoms with E-state index >= 15 is 0 Å². The van der Waals surface area contributed by atoms with Crippen LogP contribution < -0.4 is 0 Å².